The third-order valence-electron chi connectivity index (χ3n) is 5.02. The average Bonchev–Trinajstić information content (AvgIpc) is 3.39. The SMILES string of the molecule is NCCNC(=O)C1CCCN(C(=O)C2CC2c2ccc(F)cc2F)C1. The molecule has 1 aliphatic carbocycles. The second-order valence-corrected chi connectivity index (χ2v) is 6.82. The summed E-state index contributed by atoms with van der Waals surface area (Å²) in [5, 5.41) is 2.77. The van der Waals surface area contributed by atoms with E-state index in [9.17, 15) is 18.4 Å². The van der Waals surface area contributed by atoms with Crippen LogP contribution in [0.25, 0.3) is 0 Å². The fraction of sp³-hybridized carbons (Fsp3) is 0.556. The number of nitrogens with two attached hydrogens (primary N) is 1. The molecule has 1 aliphatic heterocycles. The summed E-state index contributed by atoms with van der Waals surface area (Å²) in [6.45, 7) is 1.82. The zero-order valence-electron chi connectivity index (χ0n) is 14.0. The maximum atomic E-state index is 13.9. The quantitative estimate of drug-likeness (QED) is 0.842. The van der Waals surface area contributed by atoms with E-state index in [1.165, 1.54) is 12.1 Å². The lowest BCUT2D eigenvalue weighted by Crippen LogP contribution is -2.46. The molecule has 0 aromatic heterocycles. The first-order valence-electron chi connectivity index (χ1n) is 8.72. The Kier molecular flexibility index (Phi) is 5.32. The number of carbonyl (C=O) groups is 2. The number of benzene rings is 1. The Morgan fingerprint density at radius 2 is 2.12 bits per heavy atom. The van der Waals surface area contributed by atoms with Crippen molar-refractivity contribution in [2.45, 2.75) is 25.2 Å². The molecule has 1 heterocycles. The van der Waals surface area contributed by atoms with Gasteiger partial charge in [0, 0.05) is 38.2 Å². The maximum Gasteiger partial charge on any atom is 0.226 e. The Bertz CT molecular complexity index is 668. The van der Waals surface area contributed by atoms with Gasteiger partial charge in [0.25, 0.3) is 0 Å². The highest BCUT2D eigenvalue weighted by Crippen LogP contribution is 2.49. The number of piperidine rings is 1. The number of halogens is 2. The van der Waals surface area contributed by atoms with Gasteiger partial charge < -0.3 is 16.0 Å². The van der Waals surface area contributed by atoms with Crippen LogP contribution in [0.4, 0.5) is 8.78 Å². The number of hydrogen-bond donors (Lipinski definition) is 2. The number of likely N-dealkylation sites (tertiary alicyclic amines) is 1. The predicted octanol–water partition coefficient (Wildman–Crippen LogP) is 1.38. The van der Waals surface area contributed by atoms with Gasteiger partial charge in [0.15, 0.2) is 0 Å². The van der Waals surface area contributed by atoms with E-state index in [0.717, 1.165) is 18.9 Å². The lowest BCUT2D eigenvalue weighted by molar-refractivity contribution is -0.136. The minimum absolute atomic E-state index is 0.0370. The molecule has 1 aromatic rings. The summed E-state index contributed by atoms with van der Waals surface area (Å²) in [5.74, 6) is -2.01. The van der Waals surface area contributed by atoms with Crippen LogP contribution in [0.15, 0.2) is 18.2 Å². The molecular weight excluding hydrogens is 328 g/mol. The molecule has 7 heteroatoms. The van der Waals surface area contributed by atoms with E-state index < -0.39 is 11.6 Å². The highest BCUT2D eigenvalue weighted by molar-refractivity contribution is 5.85. The second kappa shape index (κ2) is 7.47. The highest BCUT2D eigenvalue weighted by Gasteiger charge is 2.47. The summed E-state index contributed by atoms with van der Waals surface area (Å²) < 4.78 is 26.9. The van der Waals surface area contributed by atoms with Crippen molar-refractivity contribution in [3.63, 3.8) is 0 Å². The van der Waals surface area contributed by atoms with Crippen molar-refractivity contribution < 1.29 is 18.4 Å². The Hall–Kier alpha value is -2.02. The van der Waals surface area contributed by atoms with E-state index in [0.29, 0.717) is 38.2 Å². The molecule has 2 amide bonds. The average molecular weight is 351 g/mol. The second-order valence-electron chi connectivity index (χ2n) is 6.82. The van der Waals surface area contributed by atoms with Gasteiger partial charge >= 0.3 is 0 Å². The molecule has 3 atom stereocenters. The Balaban J connectivity index is 1.59. The number of amides is 2. The largest absolute Gasteiger partial charge is 0.355 e. The van der Waals surface area contributed by atoms with Crippen molar-refractivity contribution >= 4 is 11.8 Å². The fourth-order valence-corrected chi connectivity index (χ4v) is 3.58. The minimum atomic E-state index is -0.618. The van der Waals surface area contributed by atoms with Gasteiger partial charge in [-0.25, -0.2) is 8.78 Å². The predicted molar refractivity (Wildman–Crippen MR) is 88.6 cm³/mol. The van der Waals surface area contributed by atoms with Crippen molar-refractivity contribution in [1.29, 1.82) is 0 Å². The summed E-state index contributed by atoms with van der Waals surface area (Å²) in [6.07, 6.45) is 2.09. The summed E-state index contributed by atoms with van der Waals surface area (Å²) >= 11 is 0. The van der Waals surface area contributed by atoms with E-state index in [1.807, 2.05) is 0 Å². The Morgan fingerprint density at radius 3 is 2.84 bits per heavy atom. The third kappa shape index (κ3) is 3.98. The van der Waals surface area contributed by atoms with Crippen LogP contribution in [-0.4, -0.2) is 42.9 Å². The van der Waals surface area contributed by atoms with E-state index in [2.05, 4.69) is 5.32 Å². The topological polar surface area (TPSA) is 75.4 Å². The number of rotatable bonds is 5. The molecular formula is C18H23F2N3O2. The van der Waals surface area contributed by atoms with Crippen LogP contribution < -0.4 is 11.1 Å². The number of hydrogen-bond acceptors (Lipinski definition) is 3. The van der Waals surface area contributed by atoms with Crippen LogP contribution >= 0.6 is 0 Å². The normalized spacial score (nSPS) is 25.6. The van der Waals surface area contributed by atoms with Gasteiger partial charge in [-0.05, 0) is 36.8 Å². The van der Waals surface area contributed by atoms with Crippen molar-refractivity contribution in [2.75, 3.05) is 26.2 Å². The number of nitrogens with one attached hydrogen (secondary N) is 1. The van der Waals surface area contributed by atoms with Crippen LogP contribution in [0.1, 0.15) is 30.7 Å². The van der Waals surface area contributed by atoms with Crippen LogP contribution in [0.5, 0.6) is 0 Å². The summed E-state index contributed by atoms with van der Waals surface area (Å²) in [7, 11) is 0. The van der Waals surface area contributed by atoms with E-state index in [-0.39, 0.29) is 29.6 Å². The molecule has 0 spiro atoms. The zero-order chi connectivity index (χ0) is 18.0. The fourth-order valence-electron chi connectivity index (χ4n) is 3.58. The van der Waals surface area contributed by atoms with Crippen molar-refractivity contribution in [3.05, 3.63) is 35.4 Å². The molecule has 0 bridgehead atoms. The standard InChI is InChI=1S/C18H23F2N3O2/c19-12-3-4-13(16(20)8-12)14-9-15(14)18(25)23-7-1-2-11(10-23)17(24)22-6-5-21/h3-4,8,11,14-15H,1-2,5-7,9-10,21H2,(H,22,24). The first-order valence-corrected chi connectivity index (χ1v) is 8.72. The third-order valence-corrected chi connectivity index (χ3v) is 5.02. The monoisotopic (exact) mass is 351 g/mol. The van der Waals surface area contributed by atoms with Crippen LogP contribution in [0.2, 0.25) is 0 Å². The van der Waals surface area contributed by atoms with Gasteiger partial charge in [0.05, 0.1) is 5.92 Å². The Labute approximate surface area is 145 Å². The van der Waals surface area contributed by atoms with Crippen molar-refractivity contribution in [3.8, 4) is 0 Å². The van der Waals surface area contributed by atoms with Gasteiger partial charge in [0.1, 0.15) is 11.6 Å². The van der Waals surface area contributed by atoms with Gasteiger partial charge in [-0.1, -0.05) is 6.07 Å². The van der Waals surface area contributed by atoms with E-state index in [4.69, 9.17) is 5.73 Å². The summed E-state index contributed by atoms with van der Waals surface area (Å²) in [4.78, 5) is 26.5. The zero-order valence-corrected chi connectivity index (χ0v) is 14.0. The van der Waals surface area contributed by atoms with Gasteiger partial charge in [-0.3, -0.25) is 9.59 Å². The Morgan fingerprint density at radius 1 is 1.32 bits per heavy atom. The van der Waals surface area contributed by atoms with Crippen LogP contribution in [0, 0.1) is 23.5 Å². The molecule has 3 N–H and O–H groups in total. The molecule has 2 aliphatic rings. The van der Waals surface area contributed by atoms with Crippen molar-refractivity contribution in [2.24, 2.45) is 17.6 Å². The maximum absolute atomic E-state index is 13.9. The smallest absolute Gasteiger partial charge is 0.226 e. The summed E-state index contributed by atoms with van der Waals surface area (Å²) in [6, 6.07) is 3.49. The van der Waals surface area contributed by atoms with E-state index >= 15 is 0 Å². The molecule has 136 valence electrons. The lowest BCUT2D eigenvalue weighted by atomic mass is 9.96. The molecule has 25 heavy (non-hydrogen) atoms. The molecule has 2 fully saturated rings. The van der Waals surface area contributed by atoms with E-state index in [1.54, 1.807) is 4.90 Å². The number of nitrogens with zero attached hydrogens (tertiary/aromatic N) is 1. The lowest BCUT2D eigenvalue weighted by Gasteiger charge is -2.32. The minimum Gasteiger partial charge on any atom is -0.355 e. The molecule has 1 saturated heterocycles. The van der Waals surface area contributed by atoms with Gasteiger partial charge in [-0.15, -0.1) is 0 Å². The molecule has 0 radical (unpaired) electrons. The van der Waals surface area contributed by atoms with Gasteiger partial charge in [0.2, 0.25) is 11.8 Å². The first-order chi connectivity index (χ1) is 12.0. The highest BCUT2D eigenvalue weighted by atomic mass is 19.1. The van der Waals surface area contributed by atoms with Crippen LogP contribution in [-0.2, 0) is 9.59 Å². The number of carbonyl (C=O) groups excluding carboxylic acids is 2. The molecule has 5 nitrogen and oxygen atoms in total. The molecule has 1 saturated carbocycles. The molecule has 3 unspecified atom stereocenters. The van der Waals surface area contributed by atoms with Crippen LogP contribution in [0.3, 0.4) is 0 Å². The summed E-state index contributed by atoms with van der Waals surface area (Å²) in [5.41, 5.74) is 5.79. The first kappa shape index (κ1) is 17.8. The van der Waals surface area contributed by atoms with Gasteiger partial charge in [-0.2, -0.15) is 0 Å². The van der Waals surface area contributed by atoms with Crippen molar-refractivity contribution in [1.82, 2.24) is 10.2 Å². The molecule has 3 rings (SSSR count). The molecule has 1 aromatic carbocycles.